The van der Waals surface area contributed by atoms with E-state index in [9.17, 15) is 0 Å². The fraction of sp³-hybridized carbons (Fsp3) is 1.00. The van der Waals surface area contributed by atoms with Gasteiger partial charge in [0.1, 0.15) is 0 Å². The molecular weight excluding hydrogens is 295 g/mol. The van der Waals surface area contributed by atoms with Crippen molar-refractivity contribution in [1.29, 1.82) is 0 Å². The van der Waals surface area contributed by atoms with Gasteiger partial charge in [-0.2, -0.15) is 0 Å². The van der Waals surface area contributed by atoms with Crippen LogP contribution in [0.3, 0.4) is 0 Å². The van der Waals surface area contributed by atoms with E-state index in [0.29, 0.717) is 0 Å². The van der Waals surface area contributed by atoms with Gasteiger partial charge >= 0.3 is 0 Å². The normalized spacial score (nSPS) is 11.9. The average Bonchev–Trinajstić information content (AvgIpc) is 2.39. The van der Waals surface area contributed by atoms with E-state index >= 15 is 0 Å². The Hall–Kier alpha value is 0.920. The summed E-state index contributed by atoms with van der Waals surface area (Å²) < 4.78 is 11.8. The SMILES string of the molecule is CCCCCCSP(=S)(OCCCC)OCCCC. The molecule has 0 spiro atoms. The fourth-order valence-electron chi connectivity index (χ4n) is 1.46. The van der Waals surface area contributed by atoms with Gasteiger partial charge in [0.15, 0.2) is 0 Å². The van der Waals surface area contributed by atoms with Crippen molar-refractivity contribution in [2.75, 3.05) is 19.0 Å². The van der Waals surface area contributed by atoms with Crippen molar-refractivity contribution in [3.8, 4) is 0 Å². The zero-order valence-electron chi connectivity index (χ0n) is 12.9. The molecule has 2 nitrogen and oxygen atoms in total. The standard InChI is InChI=1S/C14H31O2PS2/c1-4-7-10-11-14-19-17(18,15-12-8-5-2)16-13-9-6-3/h4-14H2,1-3H3. The van der Waals surface area contributed by atoms with Gasteiger partial charge in [0, 0.05) is 5.75 Å². The van der Waals surface area contributed by atoms with Crippen molar-refractivity contribution in [3.05, 3.63) is 0 Å². The molecule has 0 aliphatic heterocycles. The summed E-state index contributed by atoms with van der Waals surface area (Å²) in [6.45, 7) is 8.08. The summed E-state index contributed by atoms with van der Waals surface area (Å²) >= 11 is 7.39. The zero-order chi connectivity index (χ0) is 14.4. The largest absolute Gasteiger partial charge is 0.322 e. The molecule has 19 heavy (non-hydrogen) atoms. The van der Waals surface area contributed by atoms with E-state index in [-0.39, 0.29) is 0 Å². The highest BCUT2D eigenvalue weighted by Gasteiger charge is 2.19. The lowest BCUT2D eigenvalue weighted by atomic mass is 10.2. The first-order valence-electron chi connectivity index (χ1n) is 7.72. The van der Waals surface area contributed by atoms with Crippen LogP contribution in [-0.4, -0.2) is 19.0 Å². The number of rotatable bonds is 14. The summed E-state index contributed by atoms with van der Waals surface area (Å²) in [6.07, 6.45) is 9.55. The van der Waals surface area contributed by atoms with Gasteiger partial charge in [-0.1, -0.05) is 64.3 Å². The van der Waals surface area contributed by atoms with Crippen LogP contribution in [0.2, 0.25) is 0 Å². The van der Waals surface area contributed by atoms with Gasteiger partial charge in [-0.25, -0.2) is 0 Å². The Kier molecular flexibility index (Phi) is 14.6. The Morgan fingerprint density at radius 3 is 1.79 bits per heavy atom. The van der Waals surface area contributed by atoms with E-state index in [4.69, 9.17) is 20.9 Å². The third-order valence-electron chi connectivity index (χ3n) is 2.74. The first-order valence-corrected chi connectivity index (χ1v) is 11.9. The second-order valence-electron chi connectivity index (χ2n) is 4.71. The lowest BCUT2D eigenvalue weighted by Crippen LogP contribution is -1.97. The molecule has 0 bridgehead atoms. The smallest absolute Gasteiger partial charge is 0.247 e. The quantitative estimate of drug-likeness (QED) is 0.281. The highest BCUT2D eigenvalue weighted by Crippen LogP contribution is 2.61. The molecule has 0 radical (unpaired) electrons. The second-order valence-corrected chi connectivity index (χ2v) is 11.1. The van der Waals surface area contributed by atoms with E-state index in [1.165, 1.54) is 25.7 Å². The molecule has 116 valence electrons. The molecular formula is C14H31O2PS2. The van der Waals surface area contributed by atoms with Crippen LogP contribution < -0.4 is 0 Å². The van der Waals surface area contributed by atoms with Crippen molar-refractivity contribution in [2.24, 2.45) is 0 Å². The van der Waals surface area contributed by atoms with Gasteiger partial charge in [-0.15, -0.1) is 0 Å². The topological polar surface area (TPSA) is 18.5 Å². The number of unbranched alkanes of at least 4 members (excludes halogenated alkanes) is 5. The molecule has 0 heterocycles. The molecule has 0 unspecified atom stereocenters. The monoisotopic (exact) mass is 326 g/mol. The van der Waals surface area contributed by atoms with Crippen molar-refractivity contribution in [3.63, 3.8) is 0 Å². The third-order valence-corrected chi connectivity index (χ3v) is 8.24. The second kappa shape index (κ2) is 13.9. The van der Waals surface area contributed by atoms with Gasteiger partial charge in [-0.3, -0.25) is 0 Å². The summed E-state index contributed by atoms with van der Waals surface area (Å²) in [6, 6.07) is 0. The van der Waals surface area contributed by atoms with Crippen LogP contribution in [0.1, 0.15) is 72.1 Å². The van der Waals surface area contributed by atoms with Crippen LogP contribution in [0.4, 0.5) is 0 Å². The van der Waals surface area contributed by atoms with Gasteiger partial charge in [0.25, 0.3) is 0 Å². The Bertz CT molecular complexity index is 223. The van der Waals surface area contributed by atoms with Crippen LogP contribution in [0.5, 0.6) is 0 Å². The average molecular weight is 327 g/mol. The minimum Gasteiger partial charge on any atom is -0.322 e. The molecule has 0 aromatic carbocycles. The lowest BCUT2D eigenvalue weighted by Gasteiger charge is -2.21. The van der Waals surface area contributed by atoms with Crippen molar-refractivity contribution in [1.82, 2.24) is 0 Å². The molecule has 0 amide bonds. The van der Waals surface area contributed by atoms with Gasteiger partial charge in [0.2, 0.25) is 5.69 Å². The van der Waals surface area contributed by atoms with Gasteiger partial charge in [0.05, 0.1) is 13.2 Å². The molecule has 5 heteroatoms. The minimum absolute atomic E-state index is 0.752. The predicted octanol–water partition coefficient (Wildman–Crippen LogP) is 6.16. The van der Waals surface area contributed by atoms with E-state index in [2.05, 4.69) is 20.8 Å². The van der Waals surface area contributed by atoms with E-state index < -0.39 is 5.69 Å². The summed E-state index contributed by atoms with van der Waals surface area (Å²) in [5.74, 6) is 1.08. The van der Waals surface area contributed by atoms with E-state index in [0.717, 1.165) is 44.6 Å². The van der Waals surface area contributed by atoms with Gasteiger partial charge < -0.3 is 9.05 Å². The molecule has 0 fully saturated rings. The summed E-state index contributed by atoms with van der Waals surface area (Å²) in [5, 5.41) is 0. The molecule has 0 aliphatic rings. The Morgan fingerprint density at radius 2 is 1.32 bits per heavy atom. The van der Waals surface area contributed by atoms with Crippen LogP contribution in [0.15, 0.2) is 0 Å². The van der Waals surface area contributed by atoms with E-state index in [1.807, 2.05) is 0 Å². The fourth-order valence-corrected chi connectivity index (χ4v) is 6.01. The van der Waals surface area contributed by atoms with Crippen LogP contribution >= 0.6 is 17.1 Å². The van der Waals surface area contributed by atoms with Crippen LogP contribution in [0, 0.1) is 0 Å². The van der Waals surface area contributed by atoms with Crippen molar-refractivity contribution in [2.45, 2.75) is 72.1 Å². The van der Waals surface area contributed by atoms with Gasteiger partial charge in [-0.05, 0) is 31.1 Å². The maximum atomic E-state index is 5.89. The Morgan fingerprint density at radius 1 is 0.789 bits per heavy atom. The highest BCUT2D eigenvalue weighted by atomic mass is 32.9. The molecule has 0 aliphatic carbocycles. The number of hydrogen-bond donors (Lipinski definition) is 0. The summed E-state index contributed by atoms with van der Waals surface area (Å²) in [5.41, 5.74) is -2.08. The number of hydrogen-bond acceptors (Lipinski definition) is 4. The summed E-state index contributed by atoms with van der Waals surface area (Å²) in [7, 11) is 0. The van der Waals surface area contributed by atoms with Crippen LogP contribution in [0.25, 0.3) is 0 Å². The first-order chi connectivity index (χ1) is 9.18. The molecule has 0 rings (SSSR count). The first kappa shape index (κ1) is 19.9. The molecule has 0 atom stereocenters. The lowest BCUT2D eigenvalue weighted by molar-refractivity contribution is 0.253. The summed E-state index contributed by atoms with van der Waals surface area (Å²) in [4.78, 5) is 0. The maximum absolute atomic E-state index is 5.89. The maximum Gasteiger partial charge on any atom is 0.247 e. The predicted molar refractivity (Wildman–Crippen MR) is 92.6 cm³/mol. The zero-order valence-corrected chi connectivity index (χ0v) is 15.4. The molecule has 0 aromatic rings. The minimum atomic E-state index is -2.08. The Balaban J connectivity index is 3.97. The van der Waals surface area contributed by atoms with Crippen molar-refractivity contribution >= 4 is 28.9 Å². The Labute approximate surface area is 129 Å². The highest BCUT2D eigenvalue weighted by molar-refractivity contribution is 8.67. The third kappa shape index (κ3) is 12.4. The van der Waals surface area contributed by atoms with Crippen molar-refractivity contribution < 1.29 is 9.05 Å². The molecule has 0 N–H and O–H groups in total. The van der Waals surface area contributed by atoms with E-state index in [1.54, 1.807) is 11.4 Å². The molecule has 0 aromatic heterocycles. The molecule has 0 saturated heterocycles. The van der Waals surface area contributed by atoms with Crippen LogP contribution in [-0.2, 0) is 20.9 Å². The molecule has 0 saturated carbocycles.